The number of carbonyl (C=O) groups excluding carboxylic acids is 2. The molecule has 0 spiro atoms. The SMILES string of the molecule is Cc1nc([C@@H]2CCCN(C(=O)CCn3c(=O)cc(C)c4ccccc43)C2)ncc1C(N)=O. The maximum atomic E-state index is 13.0. The zero-order valence-electron chi connectivity index (χ0n) is 18.4. The predicted octanol–water partition coefficient (Wildman–Crippen LogP) is 2.30. The molecule has 1 aromatic carbocycles. The van der Waals surface area contributed by atoms with Crippen molar-refractivity contribution in [1.29, 1.82) is 0 Å². The molecule has 4 rings (SSSR count). The lowest BCUT2D eigenvalue weighted by molar-refractivity contribution is -0.132. The fourth-order valence-corrected chi connectivity index (χ4v) is 4.44. The summed E-state index contributed by atoms with van der Waals surface area (Å²) in [5.74, 6) is 0.104. The number of hydrogen-bond donors (Lipinski definition) is 1. The van der Waals surface area contributed by atoms with Crippen LogP contribution in [0.25, 0.3) is 10.9 Å². The van der Waals surface area contributed by atoms with Gasteiger partial charge in [-0.15, -0.1) is 0 Å². The smallest absolute Gasteiger partial charge is 0.252 e. The van der Waals surface area contributed by atoms with Crippen molar-refractivity contribution in [3.8, 4) is 0 Å². The molecule has 1 atom stereocenters. The Morgan fingerprint density at radius 2 is 2.00 bits per heavy atom. The molecule has 1 saturated heterocycles. The van der Waals surface area contributed by atoms with Gasteiger partial charge in [-0.05, 0) is 38.3 Å². The van der Waals surface area contributed by atoms with Crippen molar-refractivity contribution in [2.75, 3.05) is 13.1 Å². The van der Waals surface area contributed by atoms with Crippen molar-refractivity contribution >= 4 is 22.7 Å². The number of amides is 2. The van der Waals surface area contributed by atoms with Gasteiger partial charge in [0, 0.05) is 49.6 Å². The number of aryl methyl sites for hydroxylation is 3. The highest BCUT2D eigenvalue weighted by molar-refractivity contribution is 5.93. The highest BCUT2D eigenvalue weighted by Gasteiger charge is 2.27. The number of pyridine rings is 1. The second-order valence-electron chi connectivity index (χ2n) is 8.35. The number of nitrogens with zero attached hydrogens (tertiary/aromatic N) is 4. The number of piperidine rings is 1. The molecule has 0 saturated carbocycles. The molecule has 1 aliphatic rings. The van der Waals surface area contributed by atoms with E-state index in [1.165, 1.54) is 6.20 Å². The topological polar surface area (TPSA) is 111 Å². The van der Waals surface area contributed by atoms with Crippen molar-refractivity contribution in [3.05, 3.63) is 69.5 Å². The van der Waals surface area contributed by atoms with E-state index in [4.69, 9.17) is 5.73 Å². The molecule has 2 N–H and O–H groups in total. The van der Waals surface area contributed by atoms with Gasteiger partial charge in [-0.25, -0.2) is 9.97 Å². The van der Waals surface area contributed by atoms with E-state index in [-0.39, 0.29) is 23.8 Å². The second kappa shape index (κ2) is 8.90. The highest BCUT2D eigenvalue weighted by Crippen LogP contribution is 2.25. The van der Waals surface area contributed by atoms with Gasteiger partial charge in [-0.2, -0.15) is 0 Å². The van der Waals surface area contributed by atoms with E-state index in [9.17, 15) is 14.4 Å². The maximum absolute atomic E-state index is 13.0. The maximum Gasteiger partial charge on any atom is 0.252 e. The summed E-state index contributed by atoms with van der Waals surface area (Å²) < 4.78 is 1.68. The number of para-hydroxylation sites is 1. The van der Waals surface area contributed by atoms with Crippen LogP contribution >= 0.6 is 0 Å². The molecule has 0 unspecified atom stereocenters. The van der Waals surface area contributed by atoms with Gasteiger partial charge < -0.3 is 15.2 Å². The number of primary amides is 1. The molecule has 8 nitrogen and oxygen atoms in total. The predicted molar refractivity (Wildman–Crippen MR) is 121 cm³/mol. The molecule has 3 heterocycles. The molecule has 0 bridgehead atoms. The van der Waals surface area contributed by atoms with E-state index in [2.05, 4.69) is 9.97 Å². The molecule has 0 radical (unpaired) electrons. The van der Waals surface area contributed by atoms with Gasteiger partial charge in [0.2, 0.25) is 5.91 Å². The van der Waals surface area contributed by atoms with Crippen LogP contribution in [0, 0.1) is 13.8 Å². The lowest BCUT2D eigenvalue weighted by Crippen LogP contribution is -2.40. The van der Waals surface area contributed by atoms with Gasteiger partial charge in [0.25, 0.3) is 11.5 Å². The molecule has 32 heavy (non-hydrogen) atoms. The number of hydrogen-bond acceptors (Lipinski definition) is 5. The minimum atomic E-state index is -0.548. The molecule has 8 heteroatoms. The third-order valence-corrected chi connectivity index (χ3v) is 6.18. The van der Waals surface area contributed by atoms with Crippen LogP contribution in [0.15, 0.2) is 41.3 Å². The van der Waals surface area contributed by atoms with Crippen LogP contribution in [0.1, 0.15) is 52.6 Å². The molecule has 2 amide bonds. The van der Waals surface area contributed by atoms with Crippen molar-refractivity contribution in [3.63, 3.8) is 0 Å². The number of benzene rings is 1. The summed E-state index contributed by atoms with van der Waals surface area (Å²) >= 11 is 0. The number of aromatic nitrogens is 3. The van der Waals surface area contributed by atoms with E-state index < -0.39 is 5.91 Å². The van der Waals surface area contributed by atoms with Gasteiger partial charge in [-0.1, -0.05) is 18.2 Å². The van der Waals surface area contributed by atoms with Crippen LogP contribution in [0.2, 0.25) is 0 Å². The Kier molecular flexibility index (Phi) is 6.03. The lowest BCUT2D eigenvalue weighted by Gasteiger charge is -2.32. The Morgan fingerprint density at radius 1 is 1.22 bits per heavy atom. The quantitative estimate of drug-likeness (QED) is 0.664. The van der Waals surface area contributed by atoms with Gasteiger partial charge in [0.15, 0.2) is 0 Å². The van der Waals surface area contributed by atoms with Crippen LogP contribution < -0.4 is 11.3 Å². The Bertz CT molecular complexity index is 1250. The van der Waals surface area contributed by atoms with Crippen LogP contribution in [0.5, 0.6) is 0 Å². The molecule has 0 aliphatic carbocycles. The second-order valence-corrected chi connectivity index (χ2v) is 8.35. The highest BCUT2D eigenvalue weighted by atomic mass is 16.2. The van der Waals surface area contributed by atoms with Crippen molar-refractivity contribution in [2.45, 2.75) is 45.6 Å². The molecular formula is C24H27N5O3. The Labute approximate surface area is 186 Å². The molecule has 3 aromatic rings. The zero-order valence-corrected chi connectivity index (χ0v) is 18.4. The van der Waals surface area contributed by atoms with Gasteiger partial charge >= 0.3 is 0 Å². The number of fused-ring (bicyclic) bond motifs is 1. The minimum Gasteiger partial charge on any atom is -0.365 e. The van der Waals surface area contributed by atoms with Crippen LogP contribution in [-0.2, 0) is 11.3 Å². The largest absolute Gasteiger partial charge is 0.365 e. The number of carbonyl (C=O) groups is 2. The number of rotatable bonds is 5. The summed E-state index contributed by atoms with van der Waals surface area (Å²) in [6, 6.07) is 9.38. The zero-order chi connectivity index (χ0) is 22.8. The third kappa shape index (κ3) is 4.26. The molecule has 1 fully saturated rings. The van der Waals surface area contributed by atoms with Crippen LogP contribution in [0.4, 0.5) is 0 Å². The number of likely N-dealkylation sites (tertiary alicyclic amines) is 1. The summed E-state index contributed by atoms with van der Waals surface area (Å²) in [6.07, 6.45) is 3.45. The first-order chi connectivity index (χ1) is 15.3. The van der Waals surface area contributed by atoms with E-state index >= 15 is 0 Å². The van der Waals surface area contributed by atoms with Gasteiger partial charge in [-0.3, -0.25) is 14.4 Å². The molecule has 2 aromatic heterocycles. The average Bonchev–Trinajstić information content (AvgIpc) is 2.78. The van der Waals surface area contributed by atoms with Gasteiger partial charge in [0.1, 0.15) is 5.82 Å². The van der Waals surface area contributed by atoms with E-state index in [1.807, 2.05) is 36.1 Å². The van der Waals surface area contributed by atoms with Crippen LogP contribution in [-0.4, -0.2) is 44.3 Å². The monoisotopic (exact) mass is 433 g/mol. The Hall–Kier alpha value is -3.55. The summed E-state index contributed by atoms with van der Waals surface area (Å²) in [5, 5.41) is 1.02. The first kappa shape index (κ1) is 21.7. The molecule has 1 aliphatic heterocycles. The summed E-state index contributed by atoms with van der Waals surface area (Å²) in [6.45, 7) is 5.20. The fourth-order valence-electron chi connectivity index (χ4n) is 4.44. The summed E-state index contributed by atoms with van der Waals surface area (Å²) in [4.78, 5) is 47.6. The Balaban J connectivity index is 1.47. The first-order valence-electron chi connectivity index (χ1n) is 10.9. The first-order valence-corrected chi connectivity index (χ1v) is 10.9. The molecular weight excluding hydrogens is 406 g/mol. The van der Waals surface area contributed by atoms with E-state index in [0.29, 0.717) is 36.7 Å². The standard InChI is InChI=1S/C24H27N5O3/c1-15-12-22(31)29(20-8-4-3-7-18(15)20)11-9-21(30)28-10-5-6-17(14-28)24-26-13-19(23(25)32)16(2)27-24/h3-4,7-8,12-13,17H,5-6,9-11,14H2,1-2H3,(H2,25,32)/t17-/m1/s1. The van der Waals surface area contributed by atoms with Crippen LogP contribution in [0.3, 0.4) is 0 Å². The summed E-state index contributed by atoms with van der Waals surface area (Å²) in [7, 11) is 0. The average molecular weight is 434 g/mol. The number of nitrogens with two attached hydrogens (primary N) is 1. The Morgan fingerprint density at radius 3 is 2.75 bits per heavy atom. The van der Waals surface area contributed by atoms with Crippen molar-refractivity contribution in [2.24, 2.45) is 5.73 Å². The van der Waals surface area contributed by atoms with E-state index in [0.717, 1.165) is 29.3 Å². The third-order valence-electron chi connectivity index (χ3n) is 6.18. The minimum absolute atomic E-state index is 0.0104. The van der Waals surface area contributed by atoms with Crippen molar-refractivity contribution < 1.29 is 9.59 Å². The summed E-state index contributed by atoms with van der Waals surface area (Å²) in [5.41, 5.74) is 7.90. The lowest BCUT2D eigenvalue weighted by atomic mass is 9.96. The normalized spacial score (nSPS) is 16.3. The fraction of sp³-hybridized carbons (Fsp3) is 0.375. The van der Waals surface area contributed by atoms with Crippen molar-refractivity contribution in [1.82, 2.24) is 19.4 Å². The van der Waals surface area contributed by atoms with Gasteiger partial charge in [0.05, 0.1) is 16.8 Å². The van der Waals surface area contributed by atoms with E-state index in [1.54, 1.807) is 17.6 Å². The molecule has 166 valence electrons.